The lowest BCUT2D eigenvalue weighted by Crippen LogP contribution is -2.42. The van der Waals surface area contributed by atoms with E-state index in [4.69, 9.17) is 0 Å². The summed E-state index contributed by atoms with van der Waals surface area (Å²) in [6.07, 6.45) is 3.84. The van der Waals surface area contributed by atoms with Crippen molar-refractivity contribution in [3.05, 3.63) is 95.1 Å². The minimum atomic E-state index is -0.906. The van der Waals surface area contributed by atoms with E-state index in [2.05, 4.69) is 10.3 Å². The third kappa shape index (κ3) is 2.56. The van der Waals surface area contributed by atoms with Gasteiger partial charge in [0.25, 0.3) is 5.91 Å². The van der Waals surface area contributed by atoms with E-state index in [1.54, 1.807) is 36.4 Å². The molecule has 0 radical (unpaired) electrons. The highest BCUT2D eigenvalue weighted by atomic mass is 19.1. The van der Waals surface area contributed by atoms with E-state index in [0.717, 1.165) is 16.8 Å². The van der Waals surface area contributed by atoms with Crippen LogP contribution < -0.4 is 5.32 Å². The van der Waals surface area contributed by atoms with Gasteiger partial charge in [-0.05, 0) is 54.3 Å². The first kappa shape index (κ1) is 18.5. The molecule has 5 nitrogen and oxygen atoms in total. The number of nitrogens with zero attached hydrogens (tertiary/aromatic N) is 2. The van der Waals surface area contributed by atoms with Gasteiger partial charge in [0.05, 0.1) is 6.04 Å². The van der Waals surface area contributed by atoms with Crippen molar-refractivity contribution < 1.29 is 14.0 Å². The van der Waals surface area contributed by atoms with Gasteiger partial charge >= 0.3 is 0 Å². The van der Waals surface area contributed by atoms with Gasteiger partial charge in [0.15, 0.2) is 0 Å². The van der Waals surface area contributed by atoms with Crippen LogP contribution >= 0.6 is 0 Å². The van der Waals surface area contributed by atoms with E-state index in [9.17, 15) is 14.0 Å². The molecule has 2 atom stereocenters. The molecule has 1 aromatic heterocycles. The van der Waals surface area contributed by atoms with Crippen molar-refractivity contribution in [2.24, 2.45) is 0 Å². The zero-order valence-corrected chi connectivity index (χ0v) is 16.4. The SMILES string of the molecule is Cc1ccc(F)cc1C(=O)N1CCC2(C(=O)Nc3ccccc32)C1c1cccnc1. The van der Waals surface area contributed by atoms with Crippen LogP contribution in [-0.2, 0) is 10.2 Å². The first-order valence-electron chi connectivity index (χ1n) is 9.90. The lowest BCUT2D eigenvalue weighted by molar-refractivity contribution is -0.121. The summed E-state index contributed by atoms with van der Waals surface area (Å²) < 4.78 is 13.9. The summed E-state index contributed by atoms with van der Waals surface area (Å²) >= 11 is 0. The minimum Gasteiger partial charge on any atom is -0.330 e. The average molecular weight is 401 g/mol. The fourth-order valence-corrected chi connectivity index (χ4v) is 4.89. The molecule has 2 aromatic carbocycles. The van der Waals surface area contributed by atoms with E-state index in [0.29, 0.717) is 24.1 Å². The number of hydrogen-bond donors (Lipinski definition) is 1. The molecular weight excluding hydrogens is 381 g/mol. The fourth-order valence-electron chi connectivity index (χ4n) is 4.89. The number of nitrogens with one attached hydrogen (secondary N) is 1. The van der Waals surface area contributed by atoms with Crippen LogP contribution in [0.4, 0.5) is 10.1 Å². The third-order valence-corrected chi connectivity index (χ3v) is 6.28. The molecule has 3 heterocycles. The highest BCUT2D eigenvalue weighted by Gasteiger charge is 2.59. The number of benzene rings is 2. The standard InChI is InChI=1S/C24H20FN3O2/c1-15-8-9-17(25)13-18(15)22(29)28-12-10-24(21(28)16-5-4-11-26-14-16)19-6-2-3-7-20(19)27-23(24)30/h2-9,11,13-14,21H,10,12H2,1H3,(H,27,30). The molecular formula is C24H20FN3O2. The van der Waals surface area contributed by atoms with E-state index < -0.39 is 17.3 Å². The molecule has 1 fully saturated rings. The first-order chi connectivity index (χ1) is 14.5. The van der Waals surface area contributed by atoms with Gasteiger partial charge in [-0.1, -0.05) is 30.3 Å². The van der Waals surface area contributed by atoms with Gasteiger partial charge in [-0.3, -0.25) is 14.6 Å². The number of anilines is 1. The van der Waals surface area contributed by atoms with Crippen molar-refractivity contribution in [2.75, 3.05) is 11.9 Å². The predicted octanol–water partition coefficient (Wildman–Crippen LogP) is 4.01. The van der Waals surface area contributed by atoms with Gasteiger partial charge in [-0.15, -0.1) is 0 Å². The number of hydrogen-bond acceptors (Lipinski definition) is 3. The summed E-state index contributed by atoms with van der Waals surface area (Å²) in [5, 5.41) is 2.99. The molecule has 150 valence electrons. The van der Waals surface area contributed by atoms with E-state index in [1.807, 2.05) is 30.3 Å². The molecule has 2 aliphatic heterocycles. The molecule has 1 N–H and O–H groups in total. The van der Waals surface area contributed by atoms with Crippen LogP contribution in [0.25, 0.3) is 0 Å². The molecule has 0 saturated carbocycles. The average Bonchev–Trinajstić information content (AvgIpc) is 3.29. The Morgan fingerprint density at radius 3 is 2.83 bits per heavy atom. The highest BCUT2D eigenvalue weighted by Crippen LogP contribution is 2.54. The fraction of sp³-hybridized carbons (Fsp3) is 0.208. The number of rotatable bonds is 2. The Morgan fingerprint density at radius 1 is 1.20 bits per heavy atom. The molecule has 1 spiro atoms. The molecule has 2 unspecified atom stereocenters. The summed E-state index contributed by atoms with van der Waals surface area (Å²) in [6, 6.07) is 15.0. The van der Waals surface area contributed by atoms with Crippen LogP contribution in [0, 0.1) is 12.7 Å². The number of pyridine rings is 1. The number of amides is 2. The Kier molecular flexibility index (Phi) is 4.17. The van der Waals surface area contributed by atoms with Gasteiger partial charge in [0.2, 0.25) is 5.91 Å². The number of aromatic nitrogens is 1. The van der Waals surface area contributed by atoms with Crippen molar-refractivity contribution in [2.45, 2.75) is 24.8 Å². The Labute approximate surface area is 173 Å². The van der Waals surface area contributed by atoms with E-state index in [1.165, 1.54) is 12.1 Å². The lowest BCUT2D eigenvalue weighted by atomic mass is 9.73. The van der Waals surface area contributed by atoms with Crippen molar-refractivity contribution in [1.82, 2.24) is 9.88 Å². The zero-order chi connectivity index (χ0) is 20.9. The second-order valence-electron chi connectivity index (χ2n) is 7.87. The summed E-state index contributed by atoms with van der Waals surface area (Å²) in [5.74, 6) is -0.863. The number of likely N-dealkylation sites (tertiary alicyclic amines) is 1. The van der Waals surface area contributed by atoms with Crippen molar-refractivity contribution in [3.63, 3.8) is 0 Å². The first-order valence-corrected chi connectivity index (χ1v) is 9.90. The quantitative estimate of drug-likeness (QED) is 0.706. The molecule has 6 heteroatoms. The molecule has 1 saturated heterocycles. The zero-order valence-electron chi connectivity index (χ0n) is 16.4. The lowest BCUT2D eigenvalue weighted by Gasteiger charge is -2.34. The van der Waals surface area contributed by atoms with Gasteiger partial charge in [0.1, 0.15) is 11.2 Å². The Hall–Kier alpha value is -3.54. The largest absolute Gasteiger partial charge is 0.330 e. The smallest absolute Gasteiger partial charge is 0.254 e. The monoisotopic (exact) mass is 401 g/mol. The number of carbonyl (C=O) groups is 2. The van der Waals surface area contributed by atoms with Crippen LogP contribution in [0.15, 0.2) is 67.0 Å². The van der Waals surface area contributed by atoms with Gasteiger partial charge in [0, 0.05) is 30.2 Å². The highest BCUT2D eigenvalue weighted by molar-refractivity contribution is 6.08. The molecule has 30 heavy (non-hydrogen) atoms. The molecule has 5 rings (SSSR count). The Balaban J connectivity index is 1.68. The normalized spacial score (nSPS) is 22.3. The third-order valence-electron chi connectivity index (χ3n) is 6.28. The second-order valence-corrected chi connectivity index (χ2v) is 7.87. The number of aryl methyl sites for hydroxylation is 1. The van der Waals surface area contributed by atoms with Crippen LogP contribution in [0.1, 0.15) is 39.5 Å². The predicted molar refractivity (Wildman–Crippen MR) is 111 cm³/mol. The van der Waals surface area contributed by atoms with Crippen LogP contribution in [-0.4, -0.2) is 28.2 Å². The molecule has 0 aliphatic carbocycles. The summed E-state index contributed by atoms with van der Waals surface area (Å²) in [4.78, 5) is 32.8. The Bertz CT molecular complexity index is 1160. The van der Waals surface area contributed by atoms with Crippen LogP contribution in [0.2, 0.25) is 0 Å². The minimum absolute atomic E-state index is 0.121. The Morgan fingerprint density at radius 2 is 2.03 bits per heavy atom. The number of carbonyl (C=O) groups excluding carboxylic acids is 2. The van der Waals surface area contributed by atoms with E-state index >= 15 is 0 Å². The van der Waals surface area contributed by atoms with Crippen molar-refractivity contribution >= 4 is 17.5 Å². The number of para-hydroxylation sites is 1. The molecule has 2 aliphatic rings. The number of halogens is 1. The van der Waals surface area contributed by atoms with Gasteiger partial charge in [-0.25, -0.2) is 4.39 Å². The van der Waals surface area contributed by atoms with Gasteiger partial charge in [-0.2, -0.15) is 0 Å². The topological polar surface area (TPSA) is 62.3 Å². The summed E-state index contributed by atoms with van der Waals surface area (Å²) in [5.41, 5.74) is 2.54. The molecule has 0 bridgehead atoms. The molecule has 2 amide bonds. The maximum Gasteiger partial charge on any atom is 0.254 e. The maximum atomic E-state index is 13.9. The summed E-state index contributed by atoms with van der Waals surface area (Å²) in [6.45, 7) is 2.17. The maximum absolute atomic E-state index is 13.9. The van der Waals surface area contributed by atoms with E-state index in [-0.39, 0.29) is 11.8 Å². The summed E-state index contributed by atoms with van der Waals surface area (Å²) in [7, 11) is 0. The number of fused-ring (bicyclic) bond motifs is 2. The second kappa shape index (κ2) is 6.76. The van der Waals surface area contributed by atoms with Gasteiger partial charge < -0.3 is 10.2 Å². The molecule has 3 aromatic rings. The van der Waals surface area contributed by atoms with Crippen molar-refractivity contribution in [3.8, 4) is 0 Å². The van der Waals surface area contributed by atoms with Crippen molar-refractivity contribution in [1.29, 1.82) is 0 Å². The van der Waals surface area contributed by atoms with Crippen LogP contribution in [0.5, 0.6) is 0 Å². The van der Waals surface area contributed by atoms with Crippen LogP contribution in [0.3, 0.4) is 0 Å².